The highest BCUT2D eigenvalue weighted by Gasteiger charge is 2.20. The number of aryl methyl sites for hydroxylation is 1. The second kappa shape index (κ2) is 6.22. The third-order valence-corrected chi connectivity index (χ3v) is 4.56. The van der Waals surface area contributed by atoms with Crippen molar-refractivity contribution in [2.45, 2.75) is 44.6 Å². The van der Waals surface area contributed by atoms with Crippen molar-refractivity contribution in [1.82, 2.24) is 9.78 Å². The lowest BCUT2D eigenvalue weighted by Crippen LogP contribution is -2.17. The van der Waals surface area contributed by atoms with Gasteiger partial charge in [0.05, 0.1) is 12.2 Å². The molecule has 2 aromatic rings. The average Bonchev–Trinajstić information content (AvgIpc) is 3.18. The number of nitrogens with one attached hydrogen (secondary N) is 1. The van der Waals surface area contributed by atoms with Crippen molar-refractivity contribution in [1.29, 1.82) is 0 Å². The summed E-state index contributed by atoms with van der Waals surface area (Å²) in [5.41, 5.74) is 1.23. The number of aromatic nitrogens is 2. The molecular formula is C15H19N3OS. The quantitative estimate of drug-likeness (QED) is 0.913. The van der Waals surface area contributed by atoms with Crippen molar-refractivity contribution in [3.05, 3.63) is 34.7 Å². The Morgan fingerprint density at radius 3 is 3.00 bits per heavy atom. The first-order chi connectivity index (χ1) is 9.83. The van der Waals surface area contributed by atoms with E-state index in [1.165, 1.54) is 31.2 Å². The minimum Gasteiger partial charge on any atom is -0.311 e. The summed E-state index contributed by atoms with van der Waals surface area (Å²) >= 11 is 1.67. The second-order valence-corrected chi connectivity index (χ2v) is 6.06. The molecule has 0 saturated heterocycles. The zero-order valence-electron chi connectivity index (χ0n) is 11.4. The number of nitrogens with zero attached hydrogens (tertiary/aromatic N) is 2. The lowest BCUT2D eigenvalue weighted by molar-refractivity contribution is -0.116. The summed E-state index contributed by atoms with van der Waals surface area (Å²) in [7, 11) is 0. The van der Waals surface area contributed by atoms with Crippen LogP contribution in [-0.4, -0.2) is 15.7 Å². The summed E-state index contributed by atoms with van der Waals surface area (Å²) in [6.07, 6.45) is 7.94. The van der Waals surface area contributed by atoms with Gasteiger partial charge in [0.25, 0.3) is 0 Å². The third-order valence-electron chi connectivity index (χ3n) is 3.83. The van der Waals surface area contributed by atoms with Crippen LogP contribution in [0.5, 0.6) is 0 Å². The number of hydrogen-bond acceptors (Lipinski definition) is 3. The Labute approximate surface area is 122 Å². The SMILES string of the molecule is O=C(CCc1ccsc1)Nc1ccnn1C1CCCC1. The number of rotatable bonds is 5. The summed E-state index contributed by atoms with van der Waals surface area (Å²) in [4.78, 5) is 12.0. The van der Waals surface area contributed by atoms with Crippen molar-refractivity contribution in [2.24, 2.45) is 0 Å². The minimum absolute atomic E-state index is 0.0657. The normalized spacial score (nSPS) is 15.6. The number of anilines is 1. The van der Waals surface area contributed by atoms with Gasteiger partial charge in [-0.25, -0.2) is 4.68 Å². The molecule has 2 aromatic heterocycles. The molecule has 5 heteroatoms. The molecule has 1 saturated carbocycles. The Morgan fingerprint density at radius 1 is 1.40 bits per heavy atom. The van der Waals surface area contributed by atoms with Crippen molar-refractivity contribution in [2.75, 3.05) is 5.32 Å². The van der Waals surface area contributed by atoms with Crippen molar-refractivity contribution in [3.8, 4) is 0 Å². The van der Waals surface area contributed by atoms with E-state index in [2.05, 4.69) is 21.9 Å². The standard InChI is InChI=1S/C15H19N3OS/c19-15(6-5-12-8-10-20-11-12)17-14-7-9-16-18(14)13-3-1-2-4-13/h7-11,13H,1-6H2,(H,17,19). The van der Waals surface area contributed by atoms with Crippen LogP contribution in [0, 0.1) is 0 Å². The molecule has 0 aromatic carbocycles. The molecule has 4 nitrogen and oxygen atoms in total. The topological polar surface area (TPSA) is 46.9 Å². The predicted octanol–water partition coefficient (Wildman–Crippen LogP) is 3.63. The number of carbonyl (C=O) groups excluding carboxylic acids is 1. The Hall–Kier alpha value is -1.62. The fraction of sp³-hybridized carbons (Fsp3) is 0.467. The summed E-state index contributed by atoms with van der Waals surface area (Å²) in [6.45, 7) is 0. The van der Waals surface area contributed by atoms with Gasteiger partial charge in [-0.15, -0.1) is 0 Å². The molecule has 0 radical (unpaired) electrons. The van der Waals surface area contributed by atoms with Crippen LogP contribution in [0.25, 0.3) is 0 Å². The van der Waals surface area contributed by atoms with Gasteiger partial charge in [-0.3, -0.25) is 4.79 Å². The molecule has 20 heavy (non-hydrogen) atoms. The Balaban J connectivity index is 1.57. The Kier molecular flexibility index (Phi) is 4.16. The fourth-order valence-corrected chi connectivity index (χ4v) is 3.45. The van der Waals surface area contributed by atoms with Crippen LogP contribution in [0.15, 0.2) is 29.1 Å². The third kappa shape index (κ3) is 3.10. The Bertz CT molecular complexity index is 555. The van der Waals surface area contributed by atoms with Crippen LogP contribution in [0.3, 0.4) is 0 Å². The van der Waals surface area contributed by atoms with E-state index >= 15 is 0 Å². The smallest absolute Gasteiger partial charge is 0.225 e. The predicted molar refractivity (Wildman–Crippen MR) is 81.0 cm³/mol. The van der Waals surface area contributed by atoms with Crippen molar-refractivity contribution >= 4 is 23.1 Å². The maximum Gasteiger partial charge on any atom is 0.225 e. The molecule has 1 amide bonds. The van der Waals surface area contributed by atoms with Gasteiger partial charge in [-0.2, -0.15) is 16.4 Å². The molecule has 1 aliphatic rings. The first-order valence-corrected chi connectivity index (χ1v) is 8.11. The van der Waals surface area contributed by atoms with E-state index in [-0.39, 0.29) is 5.91 Å². The average molecular weight is 289 g/mol. The summed E-state index contributed by atoms with van der Waals surface area (Å²) in [6, 6.07) is 4.42. The van der Waals surface area contributed by atoms with E-state index in [1.54, 1.807) is 17.5 Å². The molecule has 1 fully saturated rings. The monoisotopic (exact) mass is 289 g/mol. The molecule has 1 N–H and O–H groups in total. The first kappa shape index (κ1) is 13.4. The van der Waals surface area contributed by atoms with Crippen LogP contribution in [-0.2, 0) is 11.2 Å². The van der Waals surface area contributed by atoms with Crippen LogP contribution in [0.1, 0.15) is 43.7 Å². The van der Waals surface area contributed by atoms with Gasteiger partial charge in [-0.05, 0) is 41.7 Å². The largest absolute Gasteiger partial charge is 0.311 e. The van der Waals surface area contributed by atoms with Crippen LogP contribution >= 0.6 is 11.3 Å². The van der Waals surface area contributed by atoms with Crippen LogP contribution < -0.4 is 5.32 Å². The molecule has 0 aliphatic heterocycles. The van der Waals surface area contributed by atoms with Crippen molar-refractivity contribution < 1.29 is 4.79 Å². The van der Waals surface area contributed by atoms with Gasteiger partial charge in [0.2, 0.25) is 5.91 Å². The maximum atomic E-state index is 12.0. The molecule has 106 valence electrons. The second-order valence-electron chi connectivity index (χ2n) is 5.28. The number of amides is 1. The number of thiophene rings is 1. The van der Waals surface area contributed by atoms with E-state index in [4.69, 9.17) is 0 Å². The van der Waals surface area contributed by atoms with Gasteiger partial charge in [0, 0.05) is 12.5 Å². The van der Waals surface area contributed by atoms with E-state index in [0.29, 0.717) is 12.5 Å². The molecule has 0 bridgehead atoms. The minimum atomic E-state index is 0.0657. The lowest BCUT2D eigenvalue weighted by atomic mass is 10.2. The highest BCUT2D eigenvalue weighted by Crippen LogP contribution is 2.31. The maximum absolute atomic E-state index is 12.0. The van der Waals surface area contributed by atoms with E-state index < -0.39 is 0 Å². The lowest BCUT2D eigenvalue weighted by Gasteiger charge is -2.14. The Morgan fingerprint density at radius 2 is 2.25 bits per heavy atom. The number of hydrogen-bond donors (Lipinski definition) is 1. The highest BCUT2D eigenvalue weighted by molar-refractivity contribution is 7.07. The number of carbonyl (C=O) groups is 1. The summed E-state index contributed by atoms with van der Waals surface area (Å²) < 4.78 is 1.98. The first-order valence-electron chi connectivity index (χ1n) is 7.17. The van der Waals surface area contributed by atoms with E-state index in [0.717, 1.165) is 12.2 Å². The molecular weight excluding hydrogens is 270 g/mol. The van der Waals surface area contributed by atoms with Gasteiger partial charge >= 0.3 is 0 Å². The molecule has 3 rings (SSSR count). The van der Waals surface area contributed by atoms with E-state index in [9.17, 15) is 4.79 Å². The summed E-state index contributed by atoms with van der Waals surface area (Å²) in [5, 5.41) is 11.5. The fourth-order valence-electron chi connectivity index (χ4n) is 2.75. The van der Waals surface area contributed by atoms with Gasteiger partial charge < -0.3 is 5.32 Å². The zero-order chi connectivity index (χ0) is 13.8. The highest BCUT2D eigenvalue weighted by atomic mass is 32.1. The van der Waals surface area contributed by atoms with Crippen LogP contribution in [0.4, 0.5) is 5.82 Å². The van der Waals surface area contributed by atoms with Gasteiger partial charge in [-0.1, -0.05) is 12.8 Å². The molecule has 2 heterocycles. The zero-order valence-corrected chi connectivity index (χ0v) is 12.2. The molecule has 0 spiro atoms. The van der Waals surface area contributed by atoms with Gasteiger partial charge in [0.15, 0.2) is 0 Å². The molecule has 1 aliphatic carbocycles. The summed E-state index contributed by atoms with van der Waals surface area (Å²) in [5.74, 6) is 0.906. The molecule has 0 atom stereocenters. The van der Waals surface area contributed by atoms with Crippen LogP contribution in [0.2, 0.25) is 0 Å². The van der Waals surface area contributed by atoms with Gasteiger partial charge in [0.1, 0.15) is 5.82 Å². The molecule has 0 unspecified atom stereocenters. The van der Waals surface area contributed by atoms with Crippen molar-refractivity contribution in [3.63, 3.8) is 0 Å². The van der Waals surface area contributed by atoms with E-state index in [1.807, 2.05) is 16.1 Å².